The molecule has 0 saturated heterocycles. The summed E-state index contributed by atoms with van der Waals surface area (Å²) in [5.74, 6) is 0.881. The van der Waals surface area contributed by atoms with Gasteiger partial charge in [0.05, 0.1) is 30.5 Å². The van der Waals surface area contributed by atoms with Crippen molar-refractivity contribution in [2.75, 3.05) is 14.1 Å². The Balaban J connectivity index is 1.96. The fraction of sp³-hybridized carbons (Fsp3) is 0.211. The van der Waals surface area contributed by atoms with Crippen molar-refractivity contribution in [3.63, 3.8) is 0 Å². The van der Waals surface area contributed by atoms with Crippen LogP contribution in [-0.4, -0.2) is 37.6 Å². The van der Waals surface area contributed by atoms with Crippen molar-refractivity contribution in [1.29, 1.82) is 0 Å². The molecule has 0 aliphatic carbocycles. The lowest BCUT2D eigenvalue weighted by atomic mass is 10.2. The van der Waals surface area contributed by atoms with Crippen molar-refractivity contribution in [3.05, 3.63) is 76.5 Å². The number of sulfonamides is 1. The van der Waals surface area contributed by atoms with E-state index in [0.717, 1.165) is 4.31 Å². The minimum Gasteiger partial charge on any atom is -0.467 e. The molecule has 0 atom stereocenters. The number of furan rings is 2. The maximum absolute atomic E-state index is 13.2. The van der Waals surface area contributed by atoms with Crippen molar-refractivity contribution in [2.24, 2.45) is 0 Å². The summed E-state index contributed by atoms with van der Waals surface area (Å²) >= 11 is 3.26. The highest BCUT2D eigenvalue weighted by Crippen LogP contribution is 2.26. The Morgan fingerprint density at radius 2 is 1.57 bits per heavy atom. The zero-order valence-electron chi connectivity index (χ0n) is 15.3. The Morgan fingerprint density at radius 3 is 2.04 bits per heavy atom. The maximum atomic E-state index is 13.2. The fourth-order valence-corrected chi connectivity index (χ4v) is 4.44. The van der Waals surface area contributed by atoms with E-state index in [9.17, 15) is 13.2 Å². The monoisotopic (exact) mass is 466 g/mol. The topological polar surface area (TPSA) is 84.0 Å². The lowest BCUT2D eigenvalue weighted by Gasteiger charge is -2.21. The van der Waals surface area contributed by atoms with Crippen LogP contribution in [0.2, 0.25) is 0 Å². The molecule has 0 saturated carbocycles. The van der Waals surface area contributed by atoms with Gasteiger partial charge in [0.1, 0.15) is 11.5 Å². The molecule has 1 aromatic carbocycles. The molecule has 3 aromatic rings. The Morgan fingerprint density at radius 1 is 1.00 bits per heavy atom. The van der Waals surface area contributed by atoms with Crippen LogP contribution in [0.15, 0.2) is 73.2 Å². The van der Waals surface area contributed by atoms with Crippen LogP contribution in [0.5, 0.6) is 0 Å². The van der Waals surface area contributed by atoms with Crippen LogP contribution < -0.4 is 0 Å². The third-order valence-electron chi connectivity index (χ3n) is 4.08. The first-order valence-corrected chi connectivity index (χ1v) is 10.6. The summed E-state index contributed by atoms with van der Waals surface area (Å²) < 4.78 is 37.3. The lowest BCUT2D eigenvalue weighted by molar-refractivity contribution is 0.0704. The predicted molar refractivity (Wildman–Crippen MR) is 106 cm³/mol. The first-order chi connectivity index (χ1) is 13.3. The summed E-state index contributed by atoms with van der Waals surface area (Å²) in [4.78, 5) is 14.7. The quantitative estimate of drug-likeness (QED) is 0.529. The molecule has 3 rings (SSSR count). The normalized spacial score (nSPS) is 11.7. The Labute approximate surface area is 171 Å². The number of nitrogens with zero attached hydrogens (tertiary/aromatic N) is 2. The van der Waals surface area contributed by atoms with E-state index < -0.39 is 10.0 Å². The number of benzene rings is 1. The summed E-state index contributed by atoms with van der Waals surface area (Å²) in [7, 11) is -0.829. The van der Waals surface area contributed by atoms with E-state index >= 15 is 0 Å². The number of carbonyl (C=O) groups is 1. The molecule has 0 radical (unpaired) electrons. The van der Waals surface area contributed by atoms with E-state index in [1.165, 1.54) is 37.6 Å². The number of carbonyl (C=O) groups excluding carboxylic acids is 1. The summed E-state index contributed by atoms with van der Waals surface area (Å²) in [6, 6.07) is 11.5. The number of amides is 1. The van der Waals surface area contributed by atoms with E-state index in [1.54, 1.807) is 36.4 Å². The van der Waals surface area contributed by atoms with E-state index in [0.29, 0.717) is 16.0 Å². The van der Waals surface area contributed by atoms with Gasteiger partial charge < -0.3 is 13.7 Å². The lowest BCUT2D eigenvalue weighted by Crippen LogP contribution is -2.30. The first-order valence-electron chi connectivity index (χ1n) is 8.35. The summed E-state index contributed by atoms with van der Waals surface area (Å²) in [6.45, 7) is 0.441. The summed E-state index contributed by atoms with van der Waals surface area (Å²) in [5, 5.41) is 0. The Hall–Kier alpha value is -2.36. The van der Waals surface area contributed by atoms with Crippen molar-refractivity contribution < 1.29 is 22.0 Å². The Bertz CT molecular complexity index is 1010. The minimum atomic E-state index is -3.71. The summed E-state index contributed by atoms with van der Waals surface area (Å²) in [6.07, 6.45) is 3.07. The maximum Gasteiger partial charge on any atom is 0.254 e. The second-order valence-corrected chi connectivity index (χ2v) is 9.23. The van der Waals surface area contributed by atoms with Gasteiger partial charge in [-0.05, 0) is 58.4 Å². The van der Waals surface area contributed by atoms with Crippen LogP contribution in [0.25, 0.3) is 0 Å². The SMILES string of the molecule is CN(C)S(=O)(=O)c1cc(C(=O)N(Cc2ccco2)Cc2ccco2)ccc1Br. The molecule has 0 aliphatic heterocycles. The predicted octanol–water partition coefficient (Wildman–Crippen LogP) is 3.73. The molecule has 2 aromatic heterocycles. The zero-order chi connectivity index (χ0) is 20.3. The third kappa shape index (κ3) is 4.37. The van der Waals surface area contributed by atoms with E-state index in [2.05, 4.69) is 15.9 Å². The van der Waals surface area contributed by atoms with Gasteiger partial charge in [0.15, 0.2) is 0 Å². The van der Waals surface area contributed by atoms with Gasteiger partial charge in [0.2, 0.25) is 10.0 Å². The van der Waals surface area contributed by atoms with Crippen molar-refractivity contribution >= 4 is 31.9 Å². The second-order valence-electron chi connectivity index (χ2n) is 6.25. The van der Waals surface area contributed by atoms with E-state index in [-0.39, 0.29) is 29.5 Å². The van der Waals surface area contributed by atoms with Crippen molar-refractivity contribution in [1.82, 2.24) is 9.21 Å². The van der Waals surface area contributed by atoms with Crippen LogP contribution in [0.1, 0.15) is 21.9 Å². The Kier molecular flexibility index (Phi) is 6.07. The molecule has 2 heterocycles. The van der Waals surface area contributed by atoms with E-state index in [4.69, 9.17) is 8.83 Å². The van der Waals surface area contributed by atoms with Gasteiger partial charge in [-0.15, -0.1) is 0 Å². The molecule has 0 aliphatic rings. The van der Waals surface area contributed by atoms with Gasteiger partial charge >= 0.3 is 0 Å². The van der Waals surface area contributed by atoms with Gasteiger partial charge in [-0.1, -0.05) is 0 Å². The fourth-order valence-electron chi connectivity index (χ4n) is 2.59. The van der Waals surface area contributed by atoms with Gasteiger partial charge in [0, 0.05) is 24.1 Å². The van der Waals surface area contributed by atoms with Gasteiger partial charge in [0.25, 0.3) is 5.91 Å². The number of rotatable bonds is 7. The third-order valence-corrected chi connectivity index (χ3v) is 6.89. The van der Waals surface area contributed by atoms with Crippen LogP contribution >= 0.6 is 15.9 Å². The highest BCUT2D eigenvalue weighted by molar-refractivity contribution is 9.10. The molecular formula is C19H19BrN2O5S. The largest absolute Gasteiger partial charge is 0.467 e. The minimum absolute atomic E-state index is 0.0271. The molecule has 28 heavy (non-hydrogen) atoms. The highest BCUT2D eigenvalue weighted by atomic mass is 79.9. The number of halogens is 1. The van der Waals surface area contributed by atoms with E-state index in [1.807, 2.05) is 0 Å². The standard InChI is InChI=1S/C19H19BrN2O5S/c1-21(2)28(24,25)18-11-14(7-8-17(18)20)19(23)22(12-15-5-3-9-26-15)13-16-6-4-10-27-16/h3-11H,12-13H2,1-2H3. The average molecular weight is 467 g/mol. The second kappa shape index (κ2) is 8.34. The van der Waals surface area contributed by atoms with Crippen molar-refractivity contribution in [3.8, 4) is 0 Å². The number of hydrogen-bond donors (Lipinski definition) is 0. The molecule has 1 amide bonds. The molecule has 0 N–H and O–H groups in total. The molecule has 7 nitrogen and oxygen atoms in total. The first kappa shape index (κ1) is 20.4. The molecule has 0 unspecified atom stereocenters. The molecule has 0 spiro atoms. The van der Waals surface area contributed by atoms with Crippen LogP contribution in [0.3, 0.4) is 0 Å². The molecule has 0 fully saturated rings. The average Bonchev–Trinajstić information content (AvgIpc) is 3.34. The molecule has 0 bridgehead atoms. The summed E-state index contributed by atoms with van der Waals surface area (Å²) in [5.41, 5.74) is 0.252. The zero-order valence-corrected chi connectivity index (χ0v) is 17.7. The van der Waals surface area contributed by atoms with Crippen LogP contribution in [0, 0.1) is 0 Å². The van der Waals surface area contributed by atoms with Crippen LogP contribution in [-0.2, 0) is 23.1 Å². The molecule has 9 heteroatoms. The van der Waals surface area contributed by atoms with Gasteiger partial charge in [-0.3, -0.25) is 4.79 Å². The van der Waals surface area contributed by atoms with Crippen molar-refractivity contribution in [2.45, 2.75) is 18.0 Å². The molecule has 148 valence electrons. The smallest absolute Gasteiger partial charge is 0.254 e. The van der Waals surface area contributed by atoms with Gasteiger partial charge in [-0.2, -0.15) is 0 Å². The number of hydrogen-bond acceptors (Lipinski definition) is 5. The highest BCUT2D eigenvalue weighted by Gasteiger charge is 2.25. The van der Waals surface area contributed by atoms with Gasteiger partial charge in [-0.25, -0.2) is 12.7 Å². The van der Waals surface area contributed by atoms with Crippen LogP contribution in [0.4, 0.5) is 0 Å². The molecular weight excluding hydrogens is 448 g/mol.